The molecule has 3 aliphatic rings. The Morgan fingerprint density at radius 2 is 2.09 bits per heavy atom. The van der Waals surface area contributed by atoms with E-state index in [0.29, 0.717) is 5.92 Å². The highest BCUT2D eigenvalue weighted by Gasteiger charge is 2.68. The maximum absolute atomic E-state index is 12.4. The lowest BCUT2D eigenvalue weighted by molar-refractivity contribution is -0.145. The number of aliphatic hydroxyl groups is 1. The van der Waals surface area contributed by atoms with Crippen molar-refractivity contribution in [2.75, 3.05) is 0 Å². The zero-order valence-electron chi connectivity index (χ0n) is 12.8. The van der Waals surface area contributed by atoms with Gasteiger partial charge in [-0.25, -0.2) is 0 Å². The second-order valence-electron chi connectivity index (χ2n) is 7.04. The Bertz CT molecular complexity index is 575. The SMILES string of the molecule is C[C@H]1C[C@H]2CC[C@H]3OC(=O)[C@@H]([C@@H]1SCc1ccccc1)[C@@]23O. The fourth-order valence-corrected chi connectivity index (χ4v) is 6.27. The van der Waals surface area contributed by atoms with E-state index < -0.39 is 5.60 Å². The highest BCUT2D eigenvalue weighted by Crippen LogP contribution is 2.58. The largest absolute Gasteiger partial charge is 0.459 e. The Morgan fingerprint density at radius 1 is 1.32 bits per heavy atom. The van der Waals surface area contributed by atoms with Crippen molar-refractivity contribution in [3.8, 4) is 0 Å². The summed E-state index contributed by atoms with van der Waals surface area (Å²) in [5.41, 5.74) is 0.362. The first kappa shape index (κ1) is 14.6. The van der Waals surface area contributed by atoms with Gasteiger partial charge in [0.15, 0.2) is 0 Å². The van der Waals surface area contributed by atoms with Crippen LogP contribution in [0.25, 0.3) is 0 Å². The quantitative estimate of drug-likeness (QED) is 0.870. The first-order valence-corrected chi connectivity index (χ1v) is 9.24. The number of carbonyl (C=O) groups is 1. The standard InChI is InChI=1S/C18H22O3S/c1-11-9-13-7-8-14-18(13,20)15(17(19)21-14)16(11)22-10-12-5-3-2-4-6-12/h2-6,11,13-16,20H,7-10H2,1H3/t11-,13+,14+,15+,16+,18+/m0/s1. The number of esters is 1. The smallest absolute Gasteiger partial charge is 0.313 e. The average molecular weight is 318 g/mol. The van der Waals surface area contributed by atoms with E-state index in [1.54, 1.807) is 0 Å². The van der Waals surface area contributed by atoms with E-state index >= 15 is 0 Å². The summed E-state index contributed by atoms with van der Waals surface area (Å²) < 4.78 is 5.53. The molecule has 3 nitrogen and oxygen atoms in total. The van der Waals surface area contributed by atoms with Crippen molar-refractivity contribution < 1.29 is 14.6 Å². The molecule has 1 saturated heterocycles. The summed E-state index contributed by atoms with van der Waals surface area (Å²) in [5, 5.41) is 11.4. The molecule has 3 fully saturated rings. The maximum atomic E-state index is 12.4. The van der Waals surface area contributed by atoms with E-state index in [0.717, 1.165) is 25.0 Å². The molecule has 1 aromatic rings. The molecule has 0 radical (unpaired) electrons. The van der Waals surface area contributed by atoms with Crippen molar-refractivity contribution in [2.45, 2.75) is 48.9 Å². The summed E-state index contributed by atoms with van der Waals surface area (Å²) >= 11 is 1.81. The molecule has 1 aromatic carbocycles. The number of ether oxygens (including phenoxy) is 1. The Hall–Kier alpha value is -1.00. The van der Waals surface area contributed by atoms with Crippen molar-refractivity contribution in [3.05, 3.63) is 35.9 Å². The minimum absolute atomic E-state index is 0.150. The van der Waals surface area contributed by atoms with Crippen LogP contribution in [0.1, 0.15) is 31.7 Å². The molecule has 1 N–H and O–H groups in total. The predicted octanol–water partition coefficient (Wildman–Crippen LogP) is 3.01. The average Bonchev–Trinajstić information content (AvgIpc) is 2.95. The molecule has 6 atom stereocenters. The molecule has 2 aliphatic carbocycles. The van der Waals surface area contributed by atoms with Crippen molar-refractivity contribution >= 4 is 17.7 Å². The number of benzene rings is 1. The third-order valence-corrected chi connectivity index (χ3v) is 7.41. The topological polar surface area (TPSA) is 46.5 Å². The van der Waals surface area contributed by atoms with Crippen molar-refractivity contribution in [3.63, 3.8) is 0 Å². The van der Waals surface area contributed by atoms with Crippen molar-refractivity contribution in [2.24, 2.45) is 17.8 Å². The lowest BCUT2D eigenvalue weighted by atomic mass is 9.66. The fourth-order valence-electron chi connectivity index (χ4n) is 4.73. The van der Waals surface area contributed by atoms with Gasteiger partial charge >= 0.3 is 5.97 Å². The third-order valence-electron chi connectivity index (χ3n) is 5.79. The molecule has 0 amide bonds. The first-order chi connectivity index (χ1) is 10.6. The summed E-state index contributed by atoms with van der Waals surface area (Å²) in [4.78, 5) is 12.4. The summed E-state index contributed by atoms with van der Waals surface area (Å²) in [6.45, 7) is 2.22. The van der Waals surface area contributed by atoms with Crippen molar-refractivity contribution in [1.82, 2.24) is 0 Å². The van der Waals surface area contributed by atoms with E-state index in [1.807, 2.05) is 30.0 Å². The summed E-state index contributed by atoms with van der Waals surface area (Å²) in [7, 11) is 0. The van der Waals surface area contributed by atoms with Gasteiger partial charge < -0.3 is 9.84 Å². The van der Waals surface area contributed by atoms with Gasteiger partial charge in [-0.15, -0.1) is 0 Å². The number of carbonyl (C=O) groups excluding carboxylic acids is 1. The molecule has 1 heterocycles. The van der Waals surface area contributed by atoms with Gasteiger partial charge in [0.25, 0.3) is 0 Å². The summed E-state index contributed by atoms with van der Waals surface area (Å²) in [6, 6.07) is 10.3. The lowest BCUT2D eigenvalue weighted by Gasteiger charge is -2.44. The highest BCUT2D eigenvalue weighted by molar-refractivity contribution is 7.99. The van der Waals surface area contributed by atoms with Crippen LogP contribution in [0.15, 0.2) is 30.3 Å². The van der Waals surface area contributed by atoms with Crippen LogP contribution in [0, 0.1) is 17.8 Å². The monoisotopic (exact) mass is 318 g/mol. The molecule has 1 aliphatic heterocycles. The molecule has 4 rings (SSSR count). The minimum atomic E-state index is -0.905. The van der Waals surface area contributed by atoms with E-state index in [4.69, 9.17) is 4.74 Å². The van der Waals surface area contributed by atoms with Crippen molar-refractivity contribution in [1.29, 1.82) is 0 Å². The molecule has 118 valence electrons. The van der Waals surface area contributed by atoms with Gasteiger partial charge in [-0.1, -0.05) is 37.3 Å². The normalized spacial score (nSPS) is 43.0. The van der Waals surface area contributed by atoms with Gasteiger partial charge in [0.1, 0.15) is 17.6 Å². The number of hydrogen-bond acceptors (Lipinski definition) is 4. The van der Waals surface area contributed by atoms with Crippen LogP contribution in [0.2, 0.25) is 0 Å². The number of hydrogen-bond donors (Lipinski definition) is 1. The predicted molar refractivity (Wildman–Crippen MR) is 86.3 cm³/mol. The van der Waals surface area contributed by atoms with Crippen LogP contribution in [0.5, 0.6) is 0 Å². The first-order valence-electron chi connectivity index (χ1n) is 8.19. The van der Waals surface area contributed by atoms with Crippen LogP contribution < -0.4 is 0 Å². The molecule has 22 heavy (non-hydrogen) atoms. The van der Waals surface area contributed by atoms with Gasteiger partial charge in [0.2, 0.25) is 0 Å². The molecule has 0 bridgehead atoms. The van der Waals surface area contributed by atoms with Gasteiger partial charge in [-0.3, -0.25) is 4.79 Å². The molecule has 2 saturated carbocycles. The molecule has 0 spiro atoms. The summed E-state index contributed by atoms with van der Waals surface area (Å²) in [5.74, 6) is 1.04. The van der Waals surface area contributed by atoms with E-state index in [1.165, 1.54) is 5.56 Å². The minimum Gasteiger partial charge on any atom is -0.459 e. The maximum Gasteiger partial charge on any atom is 0.313 e. The van der Waals surface area contributed by atoms with Crippen LogP contribution >= 0.6 is 11.8 Å². The second-order valence-corrected chi connectivity index (χ2v) is 8.21. The van der Waals surface area contributed by atoms with E-state index in [9.17, 15) is 9.90 Å². The van der Waals surface area contributed by atoms with E-state index in [-0.39, 0.29) is 29.2 Å². The Balaban J connectivity index is 1.57. The molecule has 4 heteroatoms. The number of thioether (sulfide) groups is 1. The van der Waals surface area contributed by atoms with Crippen LogP contribution in [-0.2, 0) is 15.3 Å². The second kappa shape index (κ2) is 5.27. The summed E-state index contributed by atoms with van der Waals surface area (Å²) in [6.07, 6.45) is 2.56. The van der Waals surface area contributed by atoms with Gasteiger partial charge in [0.05, 0.1) is 0 Å². The third kappa shape index (κ3) is 2.04. The lowest BCUT2D eigenvalue weighted by Crippen LogP contribution is -2.55. The van der Waals surface area contributed by atoms with E-state index in [2.05, 4.69) is 19.1 Å². The molecule has 0 aromatic heterocycles. The molecular weight excluding hydrogens is 296 g/mol. The molecular formula is C18H22O3S. The van der Waals surface area contributed by atoms with Crippen LogP contribution in [-0.4, -0.2) is 28.0 Å². The van der Waals surface area contributed by atoms with Gasteiger partial charge in [-0.05, 0) is 36.7 Å². The zero-order chi connectivity index (χ0) is 15.3. The highest BCUT2D eigenvalue weighted by atomic mass is 32.2. The Kier molecular flexibility index (Phi) is 3.50. The van der Waals surface area contributed by atoms with Crippen LogP contribution in [0.4, 0.5) is 0 Å². The Labute approximate surface area is 135 Å². The molecule has 0 unspecified atom stereocenters. The fraction of sp³-hybridized carbons (Fsp3) is 0.611. The number of rotatable bonds is 3. The zero-order valence-corrected chi connectivity index (χ0v) is 13.6. The Morgan fingerprint density at radius 3 is 2.86 bits per heavy atom. The van der Waals surface area contributed by atoms with Gasteiger partial charge in [-0.2, -0.15) is 11.8 Å². The van der Waals surface area contributed by atoms with Gasteiger partial charge in [0, 0.05) is 11.0 Å². The van der Waals surface area contributed by atoms with Crippen LogP contribution in [0.3, 0.4) is 0 Å².